The SMILES string of the molecule is N=C(N)c1ncccc1Sc1cccc(Br)c1. The molecule has 3 nitrogen and oxygen atoms in total. The molecule has 2 aromatic rings. The topological polar surface area (TPSA) is 62.8 Å². The Morgan fingerprint density at radius 2 is 2.12 bits per heavy atom. The van der Waals surface area contributed by atoms with E-state index in [4.69, 9.17) is 11.1 Å². The number of nitrogen functional groups attached to an aromatic ring is 1. The molecule has 0 fully saturated rings. The van der Waals surface area contributed by atoms with Gasteiger partial charge in [0.2, 0.25) is 0 Å². The van der Waals surface area contributed by atoms with Crippen molar-refractivity contribution in [1.82, 2.24) is 4.98 Å². The van der Waals surface area contributed by atoms with Crippen LogP contribution in [0.1, 0.15) is 5.69 Å². The molecule has 0 spiro atoms. The van der Waals surface area contributed by atoms with Gasteiger partial charge in [0, 0.05) is 20.5 Å². The first-order valence-corrected chi connectivity index (χ1v) is 6.50. The van der Waals surface area contributed by atoms with Crippen LogP contribution in [0, 0.1) is 5.41 Å². The van der Waals surface area contributed by atoms with Crippen LogP contribution >= 0.6 is 27.7 Å². The number of nitrogens with zero attached hydrogens (tertiary/aromatic N) is 1. The van der Waals surface area contributed by atoms with E-state index >= 15 is 0 Å². The smallest absolute Gasteiger partial charge is 0.142 e. The van der Waals surface area contributed by atoms with Crippen LogP contribution in [0.2, 0.25) is 0 Å². The highest BCUT2D eigenvalue weighted by Gasteiger charge is 2.07. The summed E-state index contributed by atoms with van der Waals surface area (Å²) in [6.45, 7) is 0. The molecule has 0 aliphatic carbocycles. The minimum atomic E-state index is -0.0110. The summed E-state index contributed by atoms with van der Waals surface area (Å²) in [4.78, 5) is 6.08. The fourth-order valence-electron chi connectivity index (χ4n) is 1.33. The monoisotopic (exact) mass is 307 g/mol. The minimum absolute atomic E-state index is 0.0110. The number of halogens is 1. The summed E-state index contributed by atoms with van der Waals surface area (Å²) in [5.74, 6) is -0.0110. The molecule has 2 rings (SSSR count). The van der Waals surface area contributed by atoms with E-state index in [9.17, 15) is 0 Å². The lowest BCUT2D eigenvalue weighted by atomic mass is 10.3. The van der Waals surface area contributed by atoms with Crippen LogP contribution in [-0.2, 0) is 0 Å². The second-order valence-electron chi connectivity index (χ2n) is 3.32. The van der Waals surface area contributed by atoms with Gasteiger partial charge < -0.3 is 5.73 Å². The van der Waals surface area contributed by atoms with Crippen LogP contribution in [0.15, 0.2) is 56.9 Å². The van der Waals surface area contributed by atoms with Crippen molar-refractivity contribution in [3.8, 4) is 0 Å². The van der Waals surface area contributed by atoms with Crippen molar-refractivity contribution in [2.45, 2.75) is 9.79 Å². The molecule has 0 saturated heterocycles. The molecular weight excluding hydrogens is 298 g/mol. The van der Waals surface area contributed by atoms with Crippen molar-refractivity contribution in [2.24, 2.45) is 5.73 Å². The number of rotatable bonds is 3. The molecule has 86 valence electrons. The van der Waals surface area contributed by atoms with Crippen LogP contribution in [0.3, 0.4) is 0 Å². The van der Waals surface area contributed by atoms with Crippen molar-refractivity contribution in [2.75, 3.05) is 0 Å². The van der Waals surface area contributed by atoms with Gasteiger partial charge in [-0.1, -0.05) is 33.8 Å². The van der Waals surface area contributed by atoms with Gasteiger partial charge in [-0.15, -0.1) is 0 Å². The molecule has 1 aromatic carbocycles. The van der Waals surface area contributed by atoms with Crippen LogP contribution in [0.5, 0.6) is 0 Å². The standard InChI is InChI=1S/C12H10BrN3S/c13-8-3-1-4-9(7-8)17-10-5-2-6-16-11(10)12(14)15/h1-7H,(H3,14,15). The van der Waals surface area contributed by atoms with E-state index in [-0.39, 0.29) is 5.84 Å². The molecule has 3 N–H and O–H groups in total. The average molecular weight is 308 g/mol. The summed E-state index contributed by atoms with van der Waals surface area (Å²) in [5.41, 5.74) is 6.02. The number of hydrogen-bond acceptors (Lipinski definition) is 3. The average Bonchev–Trinajstić information content (AvgIpc) is 2.29. The molecular formula is C12H10BrN3S. The second-order valence-corrected chi connectivity index (χ2v) is 5.35. The van der Waals surface area contributed by atoms with Crippen LogP contribution < -0.4 is 5.73 Å². The highest BCUT2D eigenvalue weighted by molar-refractivity contribution is 9.10. The molecule has 0 radical (unpaired) electrons. The summed E-state index contributed by atoms with van der Waals surface area (Å²) in [5, 5.41) is 7.48. The second kappa shape index (κ2) is 5.33. The maximum Gasteiger partial charge on any atom is 0.142 e. The van der Waals surface area contributed by atoms with E-state index in [2.05, 4.69) is 20.9 Å². The first kappa shape index (κ1) is 12.1. The third-order valence-electron chi connectivity index (χ3n) is 2.05. The van der Waals surface area contributed by atoms with Crippen molar-refractivity contribution in [3.63, 3.8) is 0 Å². The number of amidine groups is 1. The summed E-state index contributed by atoms with van der Waals surface area (Å²) in [6.07, 6.45) is 1.64. The molecule has 0 amide bonds. The predicted molar refractivity (Wildman–Crippen MR) is 73.5 cm³/mol. The Bertz CT molecular complexity index is 557. The maximum absolute atomic E-state index is 7.48. The van der Waals surface area contributed by atoms with E-state index in [0.717, 1.165) is 14.3 Å². The van der Waals surface area contributed by atoms with Gasteiger partial charge in [-0.25, -0.2) is 0 Å². The molecule has 0 aliphatic rings. The number of benzene rings is 1. The molecule has 0 aliphatic heterocycles. The molecule has 1 heterocycles. The summed E-state index contributed by atoms with van der Waals surface area (Å²) >= 11 is 4.97. The Kier molecular flexibility index (Phi) is 3.81. The van der Waals surface area contributed by atoms with E-state index in [0.29, 0.717) is 5.69 Å². The Labute approximate surface area is 112 Å². The van der Waals surface area contributed by atoms with Crippen molar-refractivity contribution < 1.29 is 0 Å². The Morgan fingerprint density at radius 3 is 2.82 bits per heavy atom. The van der Waals surface area contributed by atoms with Crippen LogP contribution in [-0.4, -0.2) is 10.8 Å². The zero-order chi connectivity index (χ0) is 12.3. The number of pyridine rings is 1. The number of aromatic nitrogens is 1. The van der Waals surface area contributed by atoms with Gasteiger partial charge in [0.15, 0.2) is 0 Å². The molecule has 0 bridgehead atoms. The highest BCUT2D eigenvalue weighted by Crippen LogP contribution is 2.30. The lowest BCUT2D eigenvalue weighted by Crippen LogP contribution is -2.14. The Morgan fingerprint density at radius 1 is 1.29 bits per heavy atom. The molecule has 0 saturated carbocycles. The molecule has 1 aromatic heterocycles. The summed E-state index contributed by atoms with van der Waals surface area (Å²) in [6, 6.07) is 11.7. The quantitative estimate of drug-likeness (QED) is 0.675. The molecule has 5 heteroatoms. The van der Waals surface area contributed by atoms with Crippen LogP contribution in [0.25, 0.3) is 0 Å². The zero-order valence-electron chi connectivity index (χ0n) is 8.85. The highest BCUT2D eigenvalue weighted by atomic mass is 79.9. The van der Waals surface area contributed by atoms with Gasteiger partial charge in [-0.2, -0.15) is 0 Å². The fourth-order valence-corrected chi connectivity index (χ4v) is 2.88. The molecule has 0 unspecified atom stereocenters. The fraction of sp³-hybridized carbons (Fsp3) is 0. The largest absolute Gasteiger partial charge is 0.382 e. The first-order valence-electron chi connectivity index (χ1n) is 4.89. The van der Waals surface area contributed by atoms with Crippen LogP contribution in [0.4, 0.5) is 0 Å². The van der Waals surface area contributed by atoms with E-state index in [1.807, 2.05) is 36.4 Å². The van der Waals surface area contributed by atoms with Gasteiger partial charge in [0.05, 0.1) is 0 Å². The van der Waals surface area contributed by atoms with E-state index in [1.54, 1.807) is 18.0 Å². The zero-order valence-corrected chi connectivity index (χ0v) is 11.3. The Balaban J connectivity index is 2.33. The van der Waals surface area contributed by atoms with Crippen molar-refractivity contribution in [1.29, 1.82) is 5.41 Å². The third kappa shape index (κ3) is 3.08. The number of hydrogen-bond donors (Lipinski definition) is 2. The normalized spacial score (nSPS) is 10.2. The van der Waals surface area contributed by atoms with Crippen molar-refractivity contribution >= 4 is 33.5 Å². The summed E-state index contributed by atoms with van der Waals surface area (Å²) < 4.78 is 1.02. The van der Waals surface area contributed by atoms with Gasteiger partial charge >= 0.3 is 0 Å². The van der Waals surface area contributed by atoms with E-state index < -0.39 is 0 Å². The van der Waals surface area contributed by atoms with Gasteiger partial charge in [0.25, 0.3) is 0 Å². The van der Waals surface area contributed by atoms with Gasteiger partial charge in [-0.3, -0.25) is 10.4 Å². The first-order chi connectivity index (χ1) is 8.16. The number of nitrogens with one attached hydrogen (secondary N) is 1. The number of nitrogens with two attached hydrogens (primary N) is 1. The van der Waals surface area contributed by atoms with Crippen molar-refractivity contribution in [3.05, 3.63) is 52.8 Å². The predicted octanol–water partition coefficient (Wildman–Crippen LogP) is 3.28. The lowest BCUT2D eigenvalue weighted by molar-refractivity contribution is 1.17. The third-order valence-corrected chi connectivity index (χ3v) is 3.58. The molecule has 17 heavy (non-hydrogen) atoms. The van der Waals surface area contributed by atoms with Gasteiger partial charge in [-0.05, 0) is 30.3 Å². The van der Waals surface area contributed by atoms with E-state index in [1.165, 1.54) is 0 Å². The molecule has 0 atom stereocenters. The minimum Gasteiger partial charge on any atom is -0.382 e. The maximum atomic E-state index is 7.48. The lowest BCUT2D eigenvalue weighted by Gasteiger charge is -2.06. The van der Waals surface area contributed by atoms with Gasteiger partial charge in [0.1, 0.15) is 11.5 Å². The Hall–Kier alpha value is -1.33. The summed E-state index contributed by atoms with van der Waals surface area (Å²) in [7, 11) is 0.